The van der Waals surface area contributed by atoms with Gasteiger partial charge in [0.1, 0.15) is 5.75 Å². The first-order valence-electron chi connectivity index (χ1n) is 10.3. The number of hydrogen-bond donors (Lipinski definition) is 0. The average molecular weight is 479 g/mol. The quantitative estimate of drug-likeness (QED) is 0.402. The van der Waals surface area contributed by atoms with Crippen molar-refractivity contribution in [1.82, 2.24) is 14.2 Å². The molecule has 0 saturated heterocycles. The molecule has 0 radical (unpaired) electrons. The summed E-state index contributed by atoms with van der Waals surface area (Å²) < 4.78 is 33.7. The summed E-state index contributed by atoms with van der Waals surface area (Å²) in [6, 6.07) is 20.8. The number of rotatable bonds is 6. The predicted octanol–water partition coefficient (Wildman–Crippen LogP) is 4.72. The third-order valence-corrected chi connectivity index (χ3v) is 7.44. The van der Waals surface area contributed by atoms with Gasteiger partial charge in [-0.05, 0) is 47.8 Å². The van der Waals surface area contributed by atoms with Crippen LogP contribution in [0.15, 0.2) is 83.4 Å². The highest BCUT2D eigenvalue weighted by Crippen LogP contribution is 2.40. The van der Waals surface area contributed by atoms with Gasteiger partial charge in [-0.25, -0.2) is 13.1 Å². The molecule has 0 N–H and O–H groups in total. The highest BCUT2D eigenvalue weighted by atomic mass is 32.2. The number of benzene rings is 2. The van der Waals surface area contributed by atoms with Gasteiger partial charge in [-0.2, -0.15) is 14.6 Å². The Balaban J connectivity index is 1.64. The Morgan fingerprint density at radius 3 is 2.42 bits per heavy atom. The van der Waals surface area contributed by atoms with Gasteiger partial charge in [-0.15, -0.1) is 11.3 Å². The standard InChI is InChI=1S/C24H22N4O3S2/c1-31-19-12-10-17(11-13-19)24-20(16-27(26-24)18-7-4-3-5-8-18)22-15-21(23-9-6-14-32-23)25-28(22)33(2,29)30/h3-14,16,22H,15H2,1-2H3/t22-/m0/s1. The molecule has 168 valence electrons. The van der Waals surface area contributed by atoms with E-state index in [0.29, 0.717) is 12.1 Å². The van der Waals surface area contributed by atoms with Crippen LogP contribution in [0.4, 0.5) is 0 Å². The van der Waals surface area contributed by atoms with Crippen molar-refractivity contribution < 1.29 is 13.2 Å². The Morgan fingerprint density at radius 2 is 1.79 bits per heavy atom. The van der Waals surface area contributed by atoms with Crippen molar-refractivity contribution in [1.29, 1.82) is 0 Å². The SMILES string of the molecule is COc1ccc(-c2nn(-c3ccccc3)cc2[C@@H]2CC(c3cccs3)=NN2S(C)(=O)=O)cc1. The smallest absolute Gasteiger partial charge is 0.247 e. The number of thiophene rings is 1. The van der Waals surface area contributed by atoms with E-state index in [1.165, 1.54) is 10.7 Å². The number of nitrogens with zero attached hydrogens (tertiary/aromatic N) is 4. The zero-order chi connectivity index (χ0) is 23.0. The largest absolute Gasteiger partial charge is 0.497 e. The fraction of sp³-hybridized carbons (Fsp3) is 0.167. The van der Waals surface area contributed by atoms with Gasteiger partial charge in [-0.3, -0.25) is 0 Å². The average Bonchev–Trinajstić information content (AvgIpc) is 3.58. The summed E-state index contributed by atoms with van der Waals surface area (Å²) >= 11 is 1.55. The first-order valence-corrected chi connectivity index (χ1v) is 13.1. The molecular formula is C24H22N4O3S2. The lowest BCUT2D eigenvalue weighted by atomic mass is 9.99. The Bertz CT molecular complexity index is 1390. The van der Waals surface area contributed by atoms with E-state index in [1.807, 2.05) is 78.3 Å². The van der Waals surface area contributed by atoms with E-state index in [2.05, 4.69) is 5.10 Å². The molecule has 0 saturated carbocycles. The molecule has 0 unspecified atom stereocenters. The lowest BCUT2D eigenvalue weighted by Gasteiger charge is -2.21. The van der Waals surface area contributed by atoms with Crippen LogP contribution in [0.25, 0.3) is 16.9 Å². The minimum atomic E-state index is -3.60. The normalized spacial score (nSPS) is 16.1. The highest BCUT2D eigenvalue weighted by Gasteiger charge is 2.37. The molecule has 0 amide bonds. The molecule has 1 aliphatic heterocycles. The zero-order valence-electron chi connectivity index (χ0n) is 18.1. The Labute approximate surface area is 196 Å². The summed E-state index contributed by atoms with van der Waals surface area (Å²) in [5.41, 5.74) is 4.03. The lowest BCUT2D eigenvalue weighted by Crippen LogP contribution is -2.26. The number of aromatic nitrogens is 2. The van der Waals surface area contributed by atoms with Crippen molar-refractivity contribution in [2.45, 2.75) is 12.5 Å². The second-order valence-corrected chi connectivity index (χ2v) is 10.5. The molecule has 33 heavy (non-hydrogen) atoms. The summed E-state index contributed by atoms with van der Waals surface area (Å²) in [6.45, 7) is 0. The number of hydrogen-bond acceptors (Lipinski definition) is 6. The van der Waals surface area contributed by atoms with E-state index in [1.54, 1.807) is 23.1 Å². The van der Waals surface area contributed by atoms with Crippen LogP contribution in [0.2, 0.25) is 0 Å². The summed E-state index contributed by atoms with van der Waals surface area (Å²) in [4.78, 5) is 0.965. The van der Waals surface area contributed by atoms with Gasteiger partial charge in [0.05, 0.1) is 41.4 Å². The number of methoxy groups -OCH3 is 1. The minimum absolute atomic E-state index is 0.469. The Morgan fingerprint density at radius 1 is 1.03 bits per heavy atom. The summed E-state index contributed by atoms with van der Waals surface area (Å²) in [5, 5.41) is 11.3. The van der Waals surface area contributed by atoms with Crippen LogP contribution in [0, 0.1) is 0 Å². The van der Waals surface area contributed by atoms with E-state index in [9.17, 15) is 8.42 Å². The van der Waals surface area contributed by atoms with E-state index in [0.717, 1.165) is 33.2 Å². The van der Waals surface area contributed by atoms with Gasteiger partial charge in [0, 0.05) is 23.7 Å². The molecule has 0 spiro atoms. The summed E-state index contributed by atoms with van der Waals surface area (Å²) in [6.07, 6.45) is 3.57. The molecule has 1 aliphatic rings. The second kappa shape index (κ2) is 8.49. The first kappa shape index (κ1) is 21.4. The molecule has 2 aromatic carbocycles. The number of para-hydroxylation sites is 1. The molecule has 4 aromatic rings. The van der Waals surface area contributed by atoms with Crippen molar-refractivity contribution >= 4 is 27.1 Å². The summed E-state index contributed by atoms with van der Waals surface area (Å²) in [7, 11) is -1.97. The lowest BCUT2D eigenvalue weighted by molar-refractivity contribution is 0.375. The van der Waals surface area contributed by atoms with Gasteiger partial charge in [0.25, 0.3) is 0 Å². The Hall–Kier alpha value is -3.43. The van der Waals surface area contributed by atoms with Crippen molar-refractivity contribution in [3.63, 3.8) is 0 Å². The van der Waals surface area contributed by atoms with Crippen molar-refractivity contribution in [3.8, 4) is 22.7 Å². The topological polar surface area (TPSA) is 76.8 Å². The fourth-order valence-electron chi connectivity index (χ4n) is 3.93. The van der Waals surface area contributed by atoms with E-state index >= 15 is 0 Å². The minimum Gasteiger partial charge on any atom is -0.497 e. The number of hydrazone groups is 1. The van der Waals surface area contributed by atoms with Crippen LogP contribution in [-0.2, 0) is 10.0 Å². The van der Waals surface area contributed by atoms with Crippen LogP contribution >= 0.6 is 11.3 Å². The fourth-order valence-corrected chi connectivity index (χ4v) is 5.55. The Kier molecular flexibility index (Phi) is 5.51. The van der Waals surface area contributed by atoms with Crippen LogP contribution in [-0.4, -0.2) is 41.7 Å². The van der Waals surface area contributed by atoms with Gasteiger partial charge in [-0.1, -0.05) is 24.3 Å². The van der Waals surface area contributed by atoms with Crippen LogP contribution in [0.3, 0.4) is 0 Å². The van der Waals surface area contributed by atoms with Crippen LogP contribution in [0.1, 0.15) is 22.9 Å². The van der Waals surface area contributed by atoms with Crippen LogP contribution < -0.4 is 4.74 Å². The van der Waals surface area contributed by atoms with Gasteiger partial charge >= 0.3 is 0 Å². The van der Waals surface area contributed by atoms with E-state index in [4.69, 9.17) is 9.84 Å². The van der Waals surface area contributed by atoms with E-state index < -0.39 is 16.1 Å². The maximum absolute atomic E-state index is 12.7. The highest BCUT2D eigenvalue weighted by molar-refractivity contribution is 7.88. The van der Waals surface area contributed by atoms with Crippen molar-refractivity contribution in [3.05, 3.63) is 88.7 Å². The van der Waals surface area contributed by atoms with Gasteiger partial charge in [0.15, 0.2) is 0 Å². The first-order chi connectivity index (χ1) is 15.9. The molecule has 5 rings (SSSR count). The molecule has 0 aliphatic carbocycles. The van der Waals surface area contributed by atoms with Crippen molar-refractivity contribution in [2.24, 2.45) is 5.10 Å². The summed E-state index contributed by atoms with van der Waals surface area (Å²) in [5.74, 6) is 0.740. The third-order valence-electron chi connectivity index (χ3n) is 5.50. The molecule has 9 heteroatoms. The molecule has 0 bridgehead atoms. The van der Waals surface area contributed by atoms with Crippen molar-refractivity contribution in [2.75, 3.05) is 13.4 Å². The predicted molar refractivity (Wildman–Crippen MR) is 130 cm³/mol. The van der Waals surface area contributed by atoms with Crippen LogP contribution in [0.5, 0.6) is 5.75 Å². The maximum Gasteiger partial charge on any atom is 0.247 e. The number of sulfonamides is 1. The monoisotopic (exact) mass is 478 g/mol. The second-order valence-electron chi connectivity index (χ2n) is 7.72. The number of ether oxygens (including phenoxy) is 1. The maximum atomic E-state index is 12.7. The molecule has 7 nitrogen and oxygen atoms in total. The third kappa shape index (κ3) is 4.17. The molecule has 3 heterocycles. The zero-order valence-corrected chi connectivity index (χ0v) is 19.8. The van der Waals surface area contributed by atoms with Gasteiger partial charge in [0.2, 0.25) is 10.0 Å². The van der Waals surface area contributed by atoms with Gasteiger partial charge < -0.3 is 4.74 Å². The molecule has 1 atom stereocenters. The van der Waals surface area contributed by atoms with E-state index in [-0.39, 0.29) is 0 Å². The molecule has 2 aromatic heterocycles. The molecular weight excluding hydrogens is 456 g/mol. The molecule has 0 fully saturated rings.